The molecule has 0 radical (unpaired) electrons. The predicted molar refractivity (Wildman–Crippen MR) is 125 cm³/mol. The Balaban J connectivity index is 1.67. The van der Waals surface area contributed by atoms with Gasteiger partial charge in [0.05, 0.1) is 45.8 Å². The molecule has 0 bridgehead atoms. The van der Waals surface area contributed by atoms with Crippen LogP contribution in [-0.4, -0.2) is 57.3 Å². The summed E-state index contributed by atoms with van der Waals surface area (Å²) in [6.45, 7) is 0.779. The number of hydrogen-bond acceptors (Lipinski definition) is 8. The van der Waals surface area contributed by atoms with E-state index < -0.39 is 0 Å². The Hall–Kier alpha value is -3.75. The lowest BCUT2D eigenvalue weighted by Crippen LogP contribution is -2.51. The summed E-state index contributed by atoms with van der Waals surface area (Å²) in [6.07, 6.45) is 4.36. The first-order chi connectivity index (χ1) is 16.1. The fourth-order valence-electron chi connectivity index (χ4n) is 4.14. The normalized spacial score (nSPS) is 15.8. The quantitative estimate of drug-likeness (QED) is 0.583. The molecule has 0 spiro atoms. The Morgan fingerprint density at radius 3 is 2.30 bits per heavy atom. The lowest BCUT2D eigenvalue weighted by atomic mass is 10.0. The van der Waals surface area contributed by atoms with Gasteiger partial charge in [-0.1, -0.05) is 0 Å². The maximum atomic E-state index is 13.2. The second-order valence-corrected chi connectivity index (χ2v) is 7.73. The molecule has 0 saturated carbocycles. The number of ether oxygens (including phenoxy) is 4. The monoisotopic (exact) mass is 452 g/mol. The number of fused-ring (bicyclic) bond motifs is 1. The van der Waals surface area contributed by atoms with Gasteiger partial charge in [0.1, 0.15) is 17.7 Å². The highest BCUT2D eigenvalue weighted by Gasteiger charge is 2.27. The van der Waals surface area contributed by atoms with Crippen LogP contribution in [0.2, 0.25) is 0 Å². The van der Waals surface area contributed by atoms with Gasteiger partial charge in [-0.25, -0.2) is 0 Å². The standard InChI is InChI=1S/C24H28N4O5/c1-30-16-9-15(10-17(11-16)31-2)24(29)26-23-7-5-6-8-28(23)20-14-25-27-19-13-22(33-4)21(32-3)12-18(19)20/h9-14,23H,5-8H2,1-4H3,(H,26,29). The average molecular weight is 453 g/mol. The summed E-state index contributed by atoms with van der Waals surface area (Å²) in [4.78, 5) is 15.3. The van der Waals surface area contributed by atoms with Crippen molar-refractivity contribution in [3.05, 3.63) is 42.1 Å². The lowest BCUT2D eigenvalue weighted by Gasteiger charge is -2.38. The smallest absolute Gasteiger partial charge is 0.253 e. The Morgan fingerprint density at radius 2 is 1.64 bits per heavy atom. The number of carbonyl (C=O) groups excluding carboxylic acids is 1. The van der Waals surface area contributed by atoms with E-state index in [0.29, 0.717) is 34.1 Å². The third-order valence-corrected chi connectivity index (χ3v) is 5.85. The molecule has 1 saturated heterocycles. The van der Waals surface area contributed by atoms with Gasteiger partial charge in [0.2, 0.25) is 0 Å². The summed E-state index contributed by atoms with van der Waals surface area (Å²) in [7, 11) is 6.31. The molecule has 1 unspecified atom stereocenters. The fraction of sp³-hybridized carbons (Fsp3) is 0.375. The summed E-state index contributed by atoms with van der Waals surface area (Å²) in [5.41, 5.74) is 2.05. The largest absolute Gasteiger partial charge is 0.497 e. The topological polar surface area (TPSA) is 95.0 Å². The predicted octanol–water partition coefficient (Wildman–Crippen LogP) is 3.41. The molecule has 2 heterocycles. The van der Waals surface area contributed by atoms with E-state index in [1.54, 1.807) is 52.8 Å². The SMILES string of the molecule is COc1cc(OC)cc(C(=O)NC2CCCCN2c2cnnc3cc(OC)c(OC)cc23)c1. The minimum absolute atomic E-state index is 0.199. The number of nitrogens with one attached hydrogen (secondary N) is 1. The molecule has 1 fully saturated rings. The molecule has 1 atom stereocenters. The van der Waals surface area contributed by atoms with Crippen LogP contribution in [0.1, 0.15) is 29.6 Å². The van der Waals surface area contributed by atoms with E-state index in [4.69, 9.17) is 18.9 Å². The van der Waals surface area contributed by atoms with Crippen LogP contribution in [0.4, 0.5) is 5.69 Å². The van der Waals surface area contributed by atoms with Crippen molar-refractivity contribution in [3.63, 3.8) is 0 Å². The molecule has 33 heavy (non-hydrogen) atoms. The van der Waals surface area contributed by atoms with E-state index in [-0.39, 0.29) is 12.1 Å². The lowest BCUT2D eigenvalue weighted by molar-refractivity contribution is 0.0929. The highest BCUT2D eigenvalue weighted by Crippen LogP contribution is 2.36. The van der Waals surface area contributed by atoms with Crippen molar-refractivity contribution in [1.29, 1.82) is 0 Å². The number of hydrogen-bond donors (Lipinski definition) is 1. The van der Waals surface area contributed by atoms with Gasteiger partial charge in [-0.2, -0.15) is 10.2 Å². The Morgan fingerprint density at radius 1 is 0.939 bits per heavy atom. The molecule has 1 aromatic heterocycles. The summed E-state index contributed by atoms with van der Waals surface area (Å²) in [5, 5.41) is 12.5. The molecule has 1 N–H and O–H groups in total. The van der Waals surface area contributed by atoms with Gasteiger partial charge in [0.15, 0.2) is 11.5 Å². The third-order valence-electron chi connectivity index (χ3n) is 5.85. The summed E-state index contributed by atoms with van der Waals surface area (Å²) < 4.78 is 21.5. The van der Waals surface area contributed by atoms with Crippen molar-refractivity contribution in [2.24, 2.45) is 0 Å². The molecule has 0 aliphatic carbocycles. The molecule has 1 aliphatic rings. The first-order valence-corrected chi connectivity index (χ1v) is 10.8. The molecular weight excluding hydrogens is 424 g/mol. The van der Waals surface area contributed by atoms with Crippen LogP contribution in [0.5, 0.6) is 23.0 Å². The van der Waals surface area contributed by atoms with Crippen LogP contribution in [0.15, 0.2) is 36.5 Å². The number of nitrogens with zero attached hydrogens (tertiary/aromatic N) is 3. The zero-order chi connectivity index (χ0) is 23.4. The molecule has 1 amide bonds. The molecule has 2 aromatic carbocycles. The molecule has 3 aromatic rings. The summed E-state index contributed by atoms with van der Waals surface area (Å²) >= 11 is 0. The van der Waals surface area contributed by atoms with Crippen molar-refractivity contribution in [3.8, 4) is 23.0 Å². The maximum absolute atomic E-state index is 13.2. The third kappa shape index (κ3) is 4.57. The Bertz CT molecular complexity index is 1130. The van der Waals surface area contributed by atoms with Gasteiger partial charge in [0.25, 0.3) is 5.91 Å². The van der Waals surface area contributed by atoms with Crippen LogP contribution in [0.25, 0.3) is 10.9 Å². The van der Waals surface area contributed by atoms with E-state index in [2.05, 4.69) is 20.4 Å². The summed E-state index contributed by atoms with van der Waals surface area (Å²) in [5.74, 6) is 2.12. The number of benzene rings is 2. The molecular formula is C24H28N4O5. The van der Waals surface area contributed by atoms with Gasteiger partial charge in [-0.3, -0.25) is 4.79 Å². The summed E-state index contributed by atoms with van der Waals surface area (Å²) in [6, 6.07) is 8.85. The number of aromatic nitrogens is 2. The molecule has 1 aliphatic heterocycles. The highest BCUT2D eigenvalue weighted by atomic mass is 16.5. The van der Waals surface area contributed by atoms with Crippen molar-refractivity contribution in [2.45, 2.75) is 25.4 Å². The first-order valence-electron chi connectivity index (χ1n) is 10.8. The first kappa shape index (κ1) is 22.4. The van der Waals surface area contributed by atoms with Gasteiger partial charge < -0.3 is 29.2 Å². The van der Waals surface area contributed by atoms with Gasteiger partial charge in [-0.15, -0.1) is 0 Å². The van der Waals surface area contributed by atoms with E-state index in [0.717, 1.165) is 36.9 Å². The Kier molecular flexibility index (Phi) is 6.67. The van der Waals surface area contributed by atoms with E-state index in [9.17, 15) is 4.79 Å². The van der Waals surface area contributed by atoms with E-state index in [1.807, 2.05) is 12.1 Å². The highest BCUT2D eigenvalue weighted by molar-refractivity contribution is 5.96. The molecule has 9 nitrogen and oxygen atoms in total. The molecule has 9 heteroatoms. The van der Waals surface area contributed by atoms with Crippen molar-refractivity contribution in [1.82, 2.24) is 15.5 Å². The minimum atomic E-state index is -0.205. The fourth-order valence-corrected chi connectivity index (χ4v) is 4.14. The zero-order valence-electron chi connectivity index (χ0n) is 19.3. The van der Waals surface area contributed by atoms with E-state index >= 15 is 0 Å². The number of piperidine rings is 1. The number of carbonyl (C=O) groups is 1. The second kappa shape index (κ2) is 9.81. The van der Waals surface area contributed by atoms with Crippen LogP contribution >= 0.6 is 0 Å². The van der Waals surface area contributed by atoms with Crippen LogP contribution in [-0.2, 0) is 0 Å². The number of methoxy groups -OCH3 is 4. The Labute approximate surface area is 192 Å². The van der Waals surface area contributed by atoms with Gasteiger partial charge >= 0.3 is 0 Å². The van der Waals surface area contributed by atoms with Crippen molar-refractivity contribution >= 4 is 22.5 Å². The number of anilines is 1. The minimum Gasteiger partial charge on any atom is -0.497 e. The van der Waals surface area contributed by atoms with Gasteiger partial charge in [0, 0.05) is 29.6 Å². The van der Waals surface area contributed by atoms with E-state index in [1.165, 1.54) is 0 Å². The zero-order valence-corrected chi connectivity index (χ0v) is 19.3. The van der Waals surface area contributed by atoms with Crippen molar-refractivity contribution < 1.29 is 23.7 Å². The average Bonchev–Trinajstić information content (AvgIpc) is 2.87. The van der Waals surface area contributed by atoms with Gasteiger partial charge in [-0.05, 0) is 37.5 Å². The number of amides is 1. The molecule has 4 rings (SSSR count). The number of rotatable bonds is 7. The van der Waals surface area contributed by atoms with Crippen LogP contribution < -0.4 is 29.2 Å². The second-order valence-electron chi connectivity index (χ2n) is 7.73. The van der Waals surface area contributed by atoms with Crippen LogP contribution in [0.3, 0.4) is 0 Å². The maximum Gasteiger partial charge on any atom is 0.253 e. The van der Waals surface area contributed by atoms with Crippen LogP contribution in [0, 0.1) is 0 Å². The molecule has 174 valence electrons. The van der Waals surface area contributed by atoms with Crippen molar-refractivity contribution in [2.75, 3.05) is 39.9 Å².